The van der Waals surface area contributed by atoms with Gasteiger partial charge >= 0.3 is 6.18 Å². The van der Waals surface area contributed by atoms with Gasteiger partial charge in [-0.2, -0.15) is 13.2 Å². The fourth-order valence-corrected chi connectivity index (χ4v) is 3.25. The monoisotopic (exact) mass is 455 g/mol. The number of carbonyl (C=O) groups is 1. The number of rotatable bonds is 7. The Bertz CT molecular complexity index is 1020. The highest BCUT2D eigenvalue weighted by molar-refractivity contribution is 6.05. The minimum absolute atomic E-state index is 0.233. The molecule has 1 saturated heterocycles. The molecule has 0 atom stereocenters. The fourth-order valence-electron chi connectivity index (χ4n) is 3.25. The number of morpholine rings is 1. The van der Waals surface area contributed by atoms with Gasteiger partial charge in [0.1, 0.15) is 22.8 Å². The molecule has 1 aliphatic heterocycles. The second-order valence-corrected chi connectivity index (χ2v) is 6.85. The van der Waals surface area contributed by atoms with Crippen molar-refractivity contribution in [2.24, 2.45) is 0 Å². The van der Waals surface area contributed by atoms with Crippen LogP contribution in [0.4, 0.5) is 24.5 Å². The standard InChI is InChI=1S/C21H24F3N3O5/c1-3-31-16-12-15(27-7-9-30-10-8-27)17(32-4-2)11-14(16)25-19(28)13-5-6-18(21(22,23)24)26-20(13)29/h5-6,11-12H,3-4,7-10H2,1-2H3,(H,25,28)(H,26,29). The summed E-state index contributed by atoms with van der Waals surface area (Å²) >= 11 is 0. The molecule has 0 unspecified atom stereocenters. The number of nitrogens with zero attached hydrogens (tertiary/aromatic N) is 1. The average Bonchev–Trinajstić information content (AvgIpc) is 2.75. The molecule has 1 aromatic carbocycles. The first-order chi connectivity index (χ1) is 15.2. The molecule has 0 aliphatic carbocycles. The lowest BCUT2D eigenvalue weighted by Gasteiger charge is -2.31. The van der Waals surface area contributed by atoms with Crippen molar-refractivity contribution in [2.75, 3.05) is 49.7 Å². The van der Waals surface area contributed by atoms with Crippen molar-refractivity contribution in [3.63, 3.8) is 0 Å². The topological polar surface area (TPSA) is 92.9 Å². The third-order valence-corrected chi connectivity index (χ3v) is 4.72. The molecule has 1 amide bonds. The molecule has 2 aromatic rings. The van der Waals surface area contributed by atoms with Gasteiger partial charge in [-0.25, -0.2) is 0 Å². The van der Waals surface area contributed by atoms with Crippen LogP contribution in [-0.2, 0) is 10.9 Å². The van der Waals surface area contributed by atoms with Gasteiger partial charge in [-0.15, -0.1) is 0 Å². The maximum atomic E-state index is 12.8. The number of amides is 1. The summed E-state index contributed by atoms with van der Waals surface area (Å²) in [5, 5.41) is 2.55. The number of aromatic nitrogens is 1. The van der Waals surface area contributed by atoms with Crippen molar-refractivity contribution in [1.82, 2.24) is 4.98 Å². The van der Waals surface area contributed by atoms with Crippen LogP contribution >= 0.6 is 0 Å². The summed E-state index contributed by atoms with van der Waals surface area (Å²) in [7, 11) is 0. The summed E-state index contributed by atoms with van der Waals surface area (Å²) in [6.07, 6.45) is -4.72. The van der Waals surface area contributed by atoms with Gasteiger partial charge in [0.05, 0.1) is 37.8 Å². The Hall–Kier alpha value is -3.21. The van der Waals surface area contributed by atoms with Crippen LogP contribution in [0.25, 0.3) is 0 Å². The van der Waals surface area contributed by atoms with E-state index in [0.717, 1.165) is 11.8 Å². The zero-order valence-corrected chi connectivity index (χ0v) is 17.7. The minimum atomic E-state index is -4.72. The van der Waals surface area contributed by atoms with Crippen LogP contribution in [0.1, 0.15) is 29.9 Å². The van der Waals surface area contributed by atoms with E-state index in [-0.39, 0.29) is 5.69 Å². The number of ether oxygens (including phenoxy) is 3. The van der Waals surface area contributed by atoms with Gasteiger partial charge < -0.3 is 29.4 Å². The van der Waals surface area contributed by atoms with E-state index in [1.165, 1.54) is 0 Å². The summed E-state index contributed by atoms with van der Waals surface area (Å²) in [6, 6.07) is 4.79. The lowest BCUT2D eigenvalue weighted by atomic mass is 10.1. The molecular formula is C21H24F3N3O5. The lowest BCUT2D eigenvalue weighted by molar-refractivity contribution is -0.141. The normalized spacial score (nSPS) is 14.2. The number of aromatic amines is 1. The largest absolute Gasteiger partial charge is 0.492 e. The second kappa shape index (κ2) is 9.94. The number of nitrogens with one attached hydrogen (secondary N) is 2. The highest BCUT2D eigenvalue weighted by Crippen LogP contribution is 2.39. The van der Waals surface area contributed by atoms with Gasteiger partial charge in [0.15, 0.2) is 0 Å². The van der Waals surface area contributed by atoms with Crippen molar-refractivity contribution < 1.29 is 32.2 Å². The Labute approximate surface area is 182 Å². The van der Waals surface area contributed by atoms with E-state index in [1.807, 2.05) is 6.92 Å². The molecule has 1 aliphatic rings. The van der Waals surface area contributed by atoms with Crippen molar-refractivity contribution >= 4 is 17.3 Å². The van der Waals surface area contributed by atoms with Gasteiger partial charge in [0.2, 0.25) is 0 Å². The van der Waals surface area contributed by atoms with Crippen LogP contribution in [0.2, 0.25) is 0 Å². The van der Waals surface area contributed by atoms with E-state index < -0.39 is 28.9 Å². The predicted octanol–water partition coefficient (Wildman–Crippen LogP) is 3.28. The molecule has 1 fully saturated rings. The van der Waals surface area contributed by atoms with Crippen molar-refractivity contribution in [1.29, 1.82) is 0 Å². The molecule has 1 aromatic heterocycles. The first kappa shape index (κ1) is 23.5. The van der Waals surface area contributed by atoms with Crippen molar-refractivity contribution in [3.8, 4) is 11.5 Å². The van der Waals surface area contributed by atoms with Crippen LogP contribution in [-0.4, -0.2) is 50.4 Å². The van der Waals surface area contributed by atoms with E-state index in [4.69, 9.17) is 14.2 Å². The Kier molecular flexibility index (Phi) is 7.29. The Morgan fingerprint density at radius 3 is 2.38 bits per heavy atom. The van der Waals surface area contributed by atoms with E-state index >= 15 is 0 Å². The van der Waals surface area contributed by atoms with Crippen LogP contribution in [0.3, 0.4) is 0 Å². The first-order valence-corrected chi connectivity index (χ1v) is 10.1. The molecule has 32 heavy (non-hydrogen) atoms. The average molecular weight is 455 g/mol. The predicted molar refractivity (Wildman–Crippen MR) is 112 cm³/mol. The van der Waals surface area contributed by atoms with Crippen molar-refractivity contribution in [2.45, 2.75) is 20.0 Å². The van der Waals surface area contributed by atoms with Gasteiger partial charge in [0, 0.05) is 25.2 Å². The summed E-state index contributed by atoms with van der Waals surface area (Å²) in [4.78, 5) is 28.5. The Morgan fingerprint density at radius 1 is 1.12 bits per heavy atom. The summed E-state index contributed by atoms with van der Waals surface area (Å²) in [6.45, 7) is 6.69. The molecule has 8 nitrogen and oxygen atoms in total. The lowest BCUT2D eigenvalue weighted by Crippen LogP contribution is -2.36. The SMILES string of the molecule is CCOc1cc(N2CCOCC2)c(OCC)cc1NC(=O)c1ccc(C(F)(F)F)[nH]c1=O. The van der Waals surface area contributed by atoms with Gasteiger partial charge in [0.25, 0.3) is 11.5 Å². The molecule has 0 spiro atoms. The molecule has 0 bridgehead atoms. The number of hydrogen-bond donors (Lipinski definition) is 2. The first-order valence-electron chi connectivity index (χ1n) is 10.1. The third-order valence-electron chi connectivity index (χ3n) is 4.72. The second-order valence-electron chi connectivity index (χ2n) is 6.85. The van der Waals surface area contributed by atoms with E-state index in [2.05, 4.69) is 10.2 Å². The minimum Gasteiger partial charge on any atom is -0.492 e. The smallest absolute Gasteiger partial charge is 0.431 e. The highest BCUT2D eigenvalue weighted by atomic mass is 19.4. The van der Waals surface area contributed by atoms with Crippen LogP contribution in [0, 0.1) is 0 Å². The Balaban J connectivity index is 1.95. The van der Waals surface area contributed by atoms with Crippen LogP contribution in [0.5, 0.6) is 11.5 Å². The van der Waals surface area contributed by atoms with E-state index in [9.17, 15) is 22.8 Å². The maximum absolute atomic E-state index is 12.8. The number of pyridine rings is 1. The summed E-state index contributed by atoms with van der Waals surface area (Å²) < 4.78 is 55.1. The molecule has 3 rings (SSSR count). The number of benzene rings is 1. The number of carbonyl (C=O) groups excluding carboxylic acids is 1. The number of halogens is 3. The molecule has 0 saturated carbocycles. The highest BCUT2D eigenvalue weighted by Gasteiger charge is 2.32. The quantitative estimate of drug-likeness (QED) is 0.666. The van der Waals surface area contributed by atoms with E-state index in [0.29, 0.717) is 57.1 Å². The molecule has 11 heteroatoms. The summed E-state index contributed by atoms with van der Waals surface area (Å²) in [5.41, 5.74) is -1.84. The van der Waals surface area contributed by atoms with Crippen molar-refractivity contribution in [3.05, 3.63) is 45.9 Å². The van der Waals surface area contributed by atoms with Gasteiger partial charge in [-0.1, -0.05) is 0 Å². The number of H-pyrrole nitrogens is 1. The van der Waals surface area contributed by atoms with Crippen LogP contribution in [0.15, 0.2) is 29.1 Å². The van der Waals surface area contributed by atoms with Gasteiger partial charge in [-0.05, 0) is 26.0 Å². The molecule has 2 heterocycles. The fraction of sp³-hybridized carbons (Fsp3) is 0.429. The molecule has 0 radical (unpaired) electrons. The number of alkyl halides is 3. The Morgan fingerprint density at radius 2 is 1.78 bits per heavy atom. The third kappa shape index (κ3) is 5.34. The molecule has 2 N–H and O–H groups in total. The van der Waals surface area contributed by atoms with E-state index in [1.54, 1.807) is 24.0 Å². The zero-order valence-electron chi connectivity index (χ0n) is 17.7. The zero-order chi connectivity index (χ0) is 23.3. The van der Waals surface area contributed by atoms with Gasteiger partial charge in [-0.3, -0.25) is 9.59 Å². The summed E-state index contributed by atoms with van der Waals surface area (Å²) in [5.74, 6) is -0.0360. The van der Waals surface area contributed by atoms with Crippen LogP contribution < -0.4 is 25.2 Å². The molecular weight excluding hydrogens is 431 g/mol. The molecule has 174 valence electrons. The number of hydrogen-bond acceptors (Lipinski definition) is 6. The maximum Gasteiger partial charge on any atom is 0.431 e. The number of anilines is 2.